The first-order valence-electron chi connectivity index (χ1n) is 8.08. The smallest absolute Gasteiger partial charge is 0.280 e. The molecule has 2 aromatic heterocycles. The van der Waals surface area contributed by atoms with Crippen LogP contribution < -0.4 is 14.7 Å². The van der Waals surface area contributed by atoms with Gasteiger partial charge in [-0.3, -0.25) is 18.3 Å². The van der Waals surface area contributed by atoms with E-state index in [1.54, 1.807) is 6.92 Å². The van der Waals surface area contributed by atoms with E-state index in [0.717, 1.165) is 0 Å². The number of phosphoric ester groups is 1. The topological polar surface area (TPSA) is 262 Å². The van der Waals surface area contributed by atoms with Gasteiger partial charge in [0, 0.05) is 0 Å². The normalized spacial score (nSPS) is 30.0. The molecule has 17 nitrogen and oxygen atoms in total. The molecule has 20 heteroatoms. The zero-order chi connectivity index (χ0) is 23.2. The minimum Gasteiger partial charge on any atom is -0.756 e. The first-order chi connectivity index (χ1) is 14.2. The number of phosphoric acid groups is 3. The Morgan fingerprint density at radius 1 is 1.10 bits per heavy atom. The van der Waals surface area contributed by atoms with Gasteiger partial charge in [-0.15, -0.1) is 0 Å². The summed E-state index contributed by atoms with van der Waals surface area (Å²) in [6, 6.07) is 0. The maximum absolute atomic E-state index is 11.6. The van der Waals surface area contributed by atoms with E-state index >= 15 is 0 Å². The molecule has 174 valence electrons. The van der Waals surface area contributed by atoms with Crippen molar-refractivity contribution in [1.29, 1.82) is 0 Å². The third-order valence-electron chi connectivity index (χ3n) is 3.95. The predicted molar refractivity (Wildman–Crippen MR) is 89.1 cm³/mol. The number of imidazole rings is 1. The van der Waals surface area contributed by atoms with Crippen LogP contribution in [0.25, 0.3) is 11.2 Å². The Morgan fingerprint density at radius 3 is 2.42 bits per heavy atom. The van der Waals surface area contributed by atoms with Gasteiger partial charge in [-0.2, -0.15) is 0 Å². The maximum Gasteiger partial charge on any atom is 0.280 e. The maximum atomic E-state index is 11.6. The molecule has 0 aromatic carbocycles. The van der Waals surface area contributed by atoms with E-state index in [-0.39, 0.29) is 5.65 Å². The van der Waals surface area contributed by atoms with Crippen LogP contribution in [0.15, 0.2) is 12.7 Å². The fourth-order valence-electron chi connectivity index (χ4n) is 2.70. The van der Waals surface area contributed by atoms with E-state index < -0.39 is 54.6 Å². The Kier molecular flexibility index (Phi) is 6.83. The summed E-state index contributed by atoms with van der Waals surface area (Å²) in [5.74, 6) is 0. The number of aryl methyl sites for hydroxylation is 1. The average Bonchev–Trinajstić information content (AvgIpc) is 3.13. The van der Waals surface area contributed by atoms with Crippen LogP contribution in [0.5, 0.6) is 0 Å². The molecule has 3 N–H and O–H groups in total. The molecule has 3 heterocycles. The fraction of sp³-hybridized carbons (Fsp3) is 0.545. The molecule has 3 rings (SSSR count). The lowest BCUT2D eigenvalue weighted by atomic mass is 10.1. The van der Waals surface area contributed by atoms with Crippen molar-refractivity contribution in [2.24, 2.45) is 0 Å². The van der Waals surface area contributed by atoms with E-state index in [1.807, 2.05) is 0 Å². The third kappa shape index (κ3) is 5.80. The minimum absolute atomic E-state index is 0.249. The van der Waals surface area contributed by atoms with Crippen molar-refractivity contribution in [3.05, 3.63) is 18.3 Å². The molecule has 0 amide bonds. The Balaban J connectivity index is 1.69. The van der Waals surface area contributed by atoms with Gasteiger partial charge >= 0.3 is 0 Å². The fourth-order valence-corrected chi connectivity index (χ4v) is 5.60. The molecule has 2 aromatic rings. The highest BCUT2D eigenvalue weighted by atomic mass is 31.3. The van der Waals surface area contributed by atoms with Crippen molar-refractivity contribution in [2.45, 2.75) is 31.5 Å². The molecule has 1 aliphatic rings. The lowest BCUT2D eigenvalue weighted by Gasteiger charge is -2.33. The number of ether oxygens (including phenoxy) is 1. The largest absolute Gasteiger partial charge is 0.756 e. The quantitative estimate of drug-likeness (QED) is 0.307. The molecule has 7 atom stereocenters. The molecule has 0 spiro atoms. The van der Waals surface area contributed by atoms with Gasteiger partial charge in [-0.25, -0.2) is 23.6 Å². The summed E-state index contributed by atoms with van der Waals surface area (Å²) in [5.41, 5.74) is 1.16. The molecular formula is C11H14N4O13P3-3. The highest BCUT2D eigenvalue weighted by Gasteiger charge is 2.45. The number of hydrogen-bond acceptors (Lipinski definition) is 15. The van der Waals surface area contributed by atoms with Gasteiger partial charge in [0.2, 0.25) is 0 Å². The lowest BCUT2D eigenvalue weighted by molar-refractivity contribution is -0.250. The molecule has 0 saturated carbocycles. The number of aromatic nitrogens is 4. The van der Waals surface area contributed by atoms with Crippen LogP contribution in [0.3, 0.4) is 0 Å². The number of nitrogens with zero attached hydrogens (tertiary/aromatic N) is 4. The Labute approximate surface area is 172 Å². The van der Waals surface area contributed by atoms with E-state index in [1.165, 1.54) is 17.2 Å². The summed E-state index contributed by atoms with van der Waals surface area (Å²) < 4.78 is 50.8. The van der Waals surface area contributed by atoms with Gasteiger partial charge in [-0.1, -0.05) is 0 Å². The van der Waals surface area contributed by atoms with Crippen LogP contribution in [0.1, 0.15) is 11.9 Å². The second-order valence-corrected chi connectivity index (χ2v) is 10.4. The van der Waals surface area contributed by atoms with Crippen molar-refractivity contribution < 1.29 is 61.4 Å². The van der Waals surface area contributed by atoms with Crippen molar-refractivity contribution in [3.63, 3.8) is 0 Å². The molecular weight excluding hydrogens is 489 g/mol. The monoisotopic (exact) mass is 503 g/mol. The van der Waals surface area contributed by atoms with Crippen molar-refractivity contribution in [2.75, 3.05) is 6.61 Å². The van der Waals surface area contributed by atoms with Crippen molar-refractivity contribution in [1.82, 2.24) is 19.5 Å². The minimum atomic E-state index is -6.06. The molecule has 1 fully saturated rings. The molecule has 1 saturated heterocycles. The Morgan fingerprint density at radius 2 is 1.77 bits per heavy atom. The summed E-state index contributed by atoms with van der Waals surface area (Å²) in [5, 5.41) is 20.4. The summed E-state index contributed by atoms with van der Waals surface area (Å²) in [6.07, 6.45) is -3.58. The van der Waals surface area contributed by atoms with Gasteiger partial charge in [0.1, 0.15) is 30.2 Å². The van der Waals surface area contributed by atoms with Gasteiger partial charge < -0.3 is 39.0 Å². The van der Waals surface area contributed by atoms with Gasteiger partial charge in [0.15, 0.2) is 11.9 Å². The van der Waals surface area contributed by atoms with Crippen LogP contribution >= 0.6 is 23.5 Å². The number of rotatable bonds is 8. The van der Waals surface area contributed by atoms with Crippen molar-refractivity contribution >= 4 is 34.6 Å². The standard InChI is InChI=1S/C11H17N4O13P3/c1-5-7-10(13-3-12-5)15(4-14-7)11-9(17)8(16)6(26-11)2-25-30(21,22)28-31(23,24)27-29(18,19)20/h3-4,6,8-9,11,16-17H,2H2,1H3,(H,21,22)(H,23,24)(H2,18,19,20)/p-3/t6-,8?,9+,11-/m1/s1. The van der Waals surface area contributed by atoms with Crippen LogP contribution in [0.2, 0.25) is 0 Å². The van der Waals surface area contributed by atoms with E-state index in [9.17, 15) is 38.6 Å². The first-order valence-corrected chi connectivity index (χ1v) is 12.5. The van der Waals surface area contributed by atoms with Crippen LogP contribution in [-0.2, 0) is 31.6 Å². The van der Waals surface area contributed by atoms with Crippen molar-refractivity contribution in [3.8, 4) is 0 Å². The zero-order valence-electron chi connectivity index (χ0n) is 15.2. The summed E-state index contributed by atoms with van der Waals surface area (Å²) in [4.78, 5) is 53.6. The van der Waals surface area contributed by atoms with Crippen LogP contribution in [0, 0.1) is 6.92 Å². The molecule has 31 heavy (non-hydrogen) atoms. The van der Waals surface area contributed by atoms with Gasteiger partial charge in [0.25, 0.3) is 23.5 Å². The van der Waals surface area contributed by atoms with Gasteiger partial charge in [-0.05, 0) is 6.92 Å². The summed E-state index contributed by atoms with van der Waals surface area (Å²) in [6.45, 7) is 0.621. The van der Waals surface area contributed by atoms with Gasteiger partial charge in [0.05, 0.1) is 18.6 Å². The molecule has 0 radical (unpaired) electrons. The first kappa shape index (κ1) is 24.5. The van der Waals surface area contributed by atoms with Crippen LogP contribution in [0.4, 0.5) is 0 Å². The second kappa shape index (κ2) is 8.65. The SMILES string of the molecule is Cc1ncnc2c1ncn2[C@@H]1O[C@H](COP(=O)([O-])OP(=O)([O-])OP(=O)([O-])O)C(O)[C@@H]1O. The number of aliphatic hydroxyl groups excluding tert-OH is 2. The predicted octanol–water partition coefficient (Wildman–Crippen LogP) is -2.80. The number of aliphatic hydroxyl groups is 2. The van der Waals surface area contributed by atoms with E-state index in [2.05, 4.69) is 28.1 Å². The second-order valence-electron chi connectivity index (χ2n) is 6.15. The molecule has 1 aliphatic heterocycles. The highest BCUT2D eigenvalue weighted by molar-refractivity contribution is 7.65. The number of hydrogen-bond donors (Lipinski definition) is 3. The van der Waals surface area contributed by atoms with E-state index in [4.69, 9.17) is 9.63 Å². The summed E-state index contributed by atoms with van der Waals surface area (Å²) in [7, 11) is -17.7. The molecule has 0 aliphatic carbocycles. The van der Waals surface area contributed by atoms with E-state index in [0.29, 0.717) is 11.2 Å². The molecule has 4 unspecified atom stereocenters. The Hall–Kier alpha value is -1.16. The summed E-state index contributed by atoms with van der Waals surface area (Å²) >= 11 is 0. The number of fused-ring (bicyclic) bond motifs is 1. The average molecular weight is 503 g/mol. The highest BCUT2D eigenvalue weighted by Crippen LogP contribution is 2.61. The zero-order valence-corrected chi connectivity index (χ0v) is 17.9. The Bertz CT molecular complexity index is 1100. The third-order valence-corrected chi connectivity index (χ3v) is 7.64. The lowest BCUT2D eigenvalue weighted by Crippen LogP contribution is -2.34. The molecule has 0 bridgehead atoms. The van der Waals surface area contributed by atoms with Crippen LogP contribution in [-0.4, -0.2) is 59.5 Å².